The molecule has 0 atom stereocenters. The monoisotopic (exact) mass is 384 g/mol. The summed E-state index contributed by atoms with van der Waals surface area (Å²) in [5.74, 6) is 0.872. The van der Waals surface area contributed by atoms with Crippen LogP contribution in [0.25, 0.3) is 10.9 Å². The van der Waals surface area contributed by atoms with E-state index in [1.54, 1.807) is 0 Å². The molecule has 5 heteroatoms. The van der Waals surface area contributed by atoms with Gasteiger partial charge < -0.3 is 15.0 Å². The van der Waals surface area contributed by atoms with Crippen molar-refractivity contribution in [3.8, 4) is 5.75 Å². The van der Waals surface area contributed by atoms with E-state index >= 15 is 0 Å². The van der Waals surface area contributed by atoms with Crippen LogP contribution < -0.4 is 10.1 Å². The minimum atomic E-state index is 0.0578. The van der Waals surface area contributed by atoms with Crippen molar-refractivity contribution < 1.29 is 9.53 Å². The highest BCUT2D eigenvalue weighted by Crippen LogP contribution is 2.22. The van der Waals surface area contributed by atoms with Gasteiger partial charge in [0.15, 0.2) is 0 Å². The molecule has 0 fully saturated rings. The number of aromatic nitrogens is 1. The van der Waals surface area contributed by atoms with Crippen LogP contribution in [-0.4, -0.2) is 24.0 Å². The Hall–Kier alpha value is -2.46. The lowest BCUT2D eigenvalue weighted by molar-refractivity contribution is -0.121. The van der Waals surface area contributed by atoms with Gasteiger partial charge in [-0.2, -0.15) is 0 Å². The molecule has 0 unspecified atom stereocenters. The molecule has 2 aromatic carbocycles. The molecule has 0 saturated heterocycles. The highest BCUT2D eigenvalue weighted by molar-refractivity contribution is 6.30. The summed E-state index contributed by atoms with van der Waals surface area (Å²) in [4.78, 5) is 15.3. The van der Waals surface area contributed by atoms with E-state index in [1.807, 2.05) is 31.3 Å². The van der Waals surface area contributed by atoms with E-state index < -0.39 is 0 Å². The molecule has 3 aromatic rings. The number of halogens is 1. The van der Waals surface area contributed by atoms with Crippen LogP contribution in [0.3, 0.4) is 0 Å². The fraction of sp³-hybridized carbons (Fsp3) is 0.318. The number of rotatable bonds is 8. The maximum Gasteiger partial charge on any atom is 0.220 e. The number of benzene rings is 2. The third-order valence-electron chi connectivity index (χ3n) is 4.58. The van der Waals surface area contributed by atoms with Crippen LogP contribution in [0.2, 0.25) is 5.02 Å². The molecule has 4 nitrogen and oxygen atoms in total. The third kappa shape index (κ3) is 5.27. The molecule has 0 radical (unpaired) electrons. The van der Waals surface area contributed by atoms with Gasteiger partial charge in [0.2, 0.25) is 5.91 Å². The number of aromatic amines is 1. The van der Waals surface area contributed by atoms with Crippen molar-refractivity contribution >= 4 is 28.4 Å². The first-order valence-corrected chi connectivity index (χ1v) is 9.63. The predicted octanol–water partition coefficient (Wildman–Crippen LogP) is 4.96. The Morgan fingerprint density at radius 1 is 1.19 bits per heavy atom. The van der Waals surface area contributed by atoms with Crippen molar-refractivity contribution in [2.24, 2.45) is 0 Å². The lowest BCUT2D eigenvalue weighted by Crippen LogP contribution is -2.25. The van der Waals surface area contributed by atoms with Gasteiger partial charge in [-0.05, 0) is 68.1 Å². The Labute approximate surface area is 164 Å². The minimum Gasteiger partial charge on any atom is -0.493 e. The molecule has 0 aliphatic carbocycles. The van der Waals surface area contributed by atoms with Gasteiger partial charge >= 0.3 is 0 Å². The third-order valence-corrected chi connectivity index (χ3v) is 4.82. The molecule has 0 saturated carbocycles. The summed E-state index contributed by atoms with van der Waals surface area (Å²) >= 11 is 5.93. The van der Waals surface area contributed by atoms with E-state index in [0.29, 0.717) is 31.0 Å². The van der Waals surface area contributed by atoms with Crippen LogP contribution in [0.15, 0.2) is 42.6 Å². The van der Waals surface area contributed by atoms with Crippen molar-refractivity contribution in [3.05, 3.63) is 64.3 Å². The zero-order chi connectivity index (χ0) is 19.2. The molecule has 27 heavy (non-hydrogen) atoms. The van der Waals surface area contributed by atoms with Crippen molar-refractivity contribution in [3.63, 3.8) is 0 Å². The number of hydrogen-bond acceptors (Lipinski definition) is 2. The number of hydrogen-bond donors (Lipinski definition) is 2. The first-order chi connectivity index (χ1) is 13.0. The van der Waals surface area contributed by atoms with Gasteiger partial charge in [0.25, 0.3) is 0 Å². The summed E-state index contributed by atoms with van der Waals surface area (Å²) in [6, 6.07) is 11.9. The SMILES string of the molecule is Cc1ccc2[nH]cc(CCNC(=O)CCCOc3ccc(Cl)cc3C)c2c1. The van der Waals surface area contributed by atoms with Gasteiger partial charge in [0, 0.05) is 35.1 Å². The van der Waals surface area contributed by atoms with Crippen LogP contribution in [0.4, 0.5) is 0 Å². The Bertz CT molecular complexity index is 933. The van der Waals surface area contributed by atoms with Crippen molar-refractivity contribution in [1.29, 1.82) is 0 Å². The van der Waals surface area contributed by atoms with Crippen molar-refractivity contribution in [2.45, 2.75) is 33.1 Å². The molecule has 1 heterocycles. The maximum absolute atomic E-state index is 12.0. The zero-order valence-electron chi connectivity index (χ0n) is 15.8. The van der Waals surface area contributed by atoms with Crippen LogP contribution in [-0.2, 0) is 11.2 Å². The predicted molar refractivity (Wildman–Crippen MR) is 111 cm³/mol. The molecular weight excluding hydrogens is 360 g/mol. The average molecular weight is 385 g/mol. The Morgan fingerprint density at radius 2 is 2.04 bits per heavy atom. The summed E-state index contributed by atoms with van der Waals surface area (Å²) in [5, 5.41) is 4.92. The summed E-state index contributed by atoms with van der Waals surface area (Å²) < 4.78 is 5.72. The van der Waals surface area contributed by atoms with Gasteiger partial charge in [0.1, 0.15) is 5.75 Å². The van der Waals surface area contributed by atoms with E-state index in [-0.39, 0.29) is 5.91 Å². The highest BCUT2D eigenvalue weighted by atomic mass is 35.5. The summed E-state index contributed by atoms with van der Waals surface area (Å²) in [6.45, 7) is 5.19. The first kappa shape index (κ1) is 19.3. The van der Waals surface area contributed by atoms with Gasteiger partial charge in [-0.15, -0.1) is 0 Å². The highest BCUT2D eigenvalue weighted by Gasteiger charge is 2.06. The van der Waals surface area contributed by atoms with E-state index in [0.717, 1.165) is 23.3 Å². The fourth-order valence-electron chi connectivity index (χ4n) is 3.11. The number of aryl methyl sites for hydroxylation is 2. The van der Waals surface area contributed by atoms with Crippen molar-refractivity contribution in [1.82, 2.24) is 10.3 Å². The number of ether oxygens (including phenoxy) is 1. The molecule has 142 valence electrons. The molecule has 0 aliphatic rings. The second kappa shape index (κ2) is 8.96. The molecule has 3 rings (SSSR count). The summed E-state index contributed by atoms with van der Waals surface area (Å²) in [5.41, 5.74) is 4.61. The Kier molecular flexibility index (Phi) is 6.40. The molecule has 2 N–H and O–H groups in total. The second-order valence-electron chi connectivity index (χ2n) is 6.82. The summed E-state index contributed by atoms with van der Waals surface area (Å²) in [6.07, 6.45) is 3.98. The standard InChI is InChI=1S/C22H25ClN2O2/c1-15-5-7-20-19(12-15)17(14-25-20)9-10-24-22(26)4-3-11-27-21-8-6-18(23)13-16(21)2/h5-8,12-14,25H,3-4,9-11H2,1-2H3,(H,24,26). The first-order valence-electron chi connectivity index (χ1n) is 9.25. The number of carbonyl (C=O) groups is 1. The van der Waals surface area contributed by atoms with Crippen LogP contribution in [0.1, 0.15) is 29.5 Å². The van der Waals surface area contributed by atoms with Gasteiger partial charge in [-0.3, -0.25) is 4.79 Å². The topological polar surface area (TPSA) is 54.1 Å². The van der Waals surface area contributed by atoms with E-state index in [1.165, 1.54) is 16.5 Å². The number of H-pyrrole nitrogens is 1. The zero-order valence-corrected chi connectivity index (χ0v) is 16.5. The quantitative estimate of drug-likeness (QED) is 0.539. The van der Waals surface area contributed by atoms with Gasteiger partial charge in [0.05, 0.1) is 6.61 Å². The number of amides is 1. The number of nitrogens with one attached hydrogen (secondary N) is 2. The fourth-order valence-corrected chi connectivity index (χ4v) is 3.34. The molecule has 1 aromatic heterocycles. The van der Waals surface area contributed by atoms with Crippen LogP contribution in [0.5, 0.6) is 5.75 Å². The summed E-state index contributed by atoms with van der Waals surface area (Å²) in [7, 11) is 0. The van der Waals surface area contributed by atoms with E-state index in [4.69, 9.17) is 16.3 Å². The van der Waals surface area contributed by atoms with Crippen LogP contribution >= 0.6 is 11.6 Å². The lowest BCUT2D eigenvalue weighted by atomic mass is 10.1. The lowest BCUT2D eigenvalue weighted by Gasteiger charge is -2.09. The van der Waals surface area contributed by atoms with Crippen LogP contribution in [0, 0.1) is 13.8 Å². The average Bonchev–Trinajstić information content (AvgIpc) is 3.02. The molecule has 1 amide bonds. The molecule has 0 bridgehead atoms. The molecule has 0 aliphatic heterocycles. The maximum atomic E-state index is 12.0. The number of fused-ring (bicyclic) bond motifs is 1. The van der Waals surface area contributed by atoms with Gasteiger partial charge in [-0.1, -0.05) is 23.2 Å². The largest absolute Gasteiger partial charge is 0.493 e. The van der Waals surface area contributed by atoms with E-state index in [2.05, 4.69) is 35.4 Å². The smallest absolute Gasteiger partial charge is 0.220 e. The van der Waals surface area contributed by atoms with Gasteiger partial charge in [-0.25, -0.2) is 0 Å². The Morgan fingerprint density at radius 3 is 2.85 bits per heavy atom. The minimum absolute atomic E-state index is 0.0578. The normalized spacial score (nSPS) is 10.9. The number of carbonyl (C=O) groups excluding carboxylic acids is 1. The second-order valence-corrected chi connectivity index (χ2v) is 7.26. The molecular formula is C22H25ClN2O2. The van der Waals surface area contributed by atoms with Crippen molar-refractivity contribution in [2.75, 3.05) is 13.2 Å². The molecule has 0 spiro atoms. The van der Waals surface area contributed by atoms with E-state index in [9.17, 15) is 4.79 Å². The Balaban J connectivity index is 1.37.